The number of ether oxygens (including phenoxy) is 1. The maximum absolute atomic E-state index is 8.57. The number of rotatable bonds is 3. The lowest BCUT2D eigenvalue weighted by atomic mass is 10.3. The second-order valence-electron chi connectivity index (χ2n) is 2.45. The summed E-state index contributed by atoms with van der Waals surface area (Å²) in [5, 5.41) is 8.76. The van der Waals surface area contributed by atoms with Crippen molar-refractivity contribution in [3.8, 4) is 11.9 Å². The number of halogens is 1. The molecule has 13 heavy (non-hydrogen) atoms. The van der Waals surface area contributed by atoms with Crippen molar-refractivity contribution in [2.24, 2.45) is 0 Å². The van der Waals surface area contributed by atoms with Crippen molar-refractivity contribution in [1.82, 2.24) is 4.98 Å². The fourth-order valence-electron chi connectivity index (χ4n) is 0.788. The van der Waals surface area contributed by atoms with Gasteiger partial charge in [0, 0.05) is 6.07 Å². The smallest absolute Gasteiger partial charge is 0.214 e. The molecule has 1 rings (SSSR count). The molecule has 0 aliphatic rings. The van der Waals surface area contributed by atoms with E-state index < -0.39 is 0 Å². The molecule has 1 heterocycles. The van der Waals surface area contributed by atoms with E-state index in [0.29, 0.717) is 18.1 Å². The van der Waals surface area contributed by atoms with Crippen molar-refractivity contribution in [3.05, 3.63) is 22.8 Å². The summed E-state index contributed by atoms with van der Waals surface area (Å²) in [6.45, 7) is 2.61. The number of nitriles is 1. The van der Waals surface area contributed by atoms with Crippen LogP contribution in [0.1, 0.15) is 18.9 Å². The Morgan fingerprint density at radius 3 is 2.92 bits per heavy atom. The van der Waals surface area contributed by atoms with E-state index in [0.717, 1.165) is 6.42 Å². The van der Waals surface area contributed by atoms with E-state index in [-0.39, 0.29) is 5.15 Å². The van der Waals surface area contributed by atoms with Crippen LogP contribution >= 0.6 is 11.6 Å². The van der Waals surface area contributed by atoms with E-state index in [1.54, 1.807) is 12.1 Å². The van der Waals surface area contributed by atoms with Gasteiger partial charge in [-0.3, -0.25) is 0 Å². The molecule has 0 amide bonds. The highest BCUT2D eigenvalue weighted by molar-refractivity contribution is 6.30. The molecule has 0 saturated heterocycles. The Morgan fingerprint density at radius 1 is 1.62 bits per heavy atom. The van der Waals surface area contributed by atoms with E-state index in [2.05, 4.69) is 4.98 Å². The summed E-state index contributed by atoms with van der Waals surface area (Å²) < 4.78 is 5.23. The van der Waals surface area contributed by atoms with Gasteiger partial charge in [-0.1, -0.05) is 18.5 Å². The number of hydrogen-bond donors (Lipinski definition) is 0. The van der Waals surface area contributed by atoms with Gasteiger partial charge in [-0.2, -0.15) is 5.26 Å². The number of pyridine rings is 1. The average molecular weight is 197 g/mol. The van der Waals surface area contributed by atoms with Gasteiger partial charge in [0.15, 0.2) is 5.15 Å². The molecule has 0 unspecified atom stereocenters. The topological polar surface area (TPSA) is 45.9 Å². The first-order chi connectivity index (χ1) is 6.27. The molecule has 0 saturated carbocycles. The maximum atomic E-state index is 8.57. The number of aromatic nitrogens is 1. The van der Waals surface area contributed by atoms with Gasteiger partial charge in [0.05, 0.1) is 12.2 Å². The first-order valence-corrected chi connectivity index (χ1v) is 4.35. The molecular formula is C9H9ClN2O. The Balaban J connectivity index is 2.79. The number of nitrogens with zero attached hydrogens (tertiary/aromatic N) is 2. The van der Waals surface area contributed by atoms with Crippen molar-refractivity contribution in [3.63, 3.8) is 0 Å². The highest BCUT2D eigenvalue weighted by atomic mass is 35.5. The maximum Gasteiger partial charge on any atom is 0.214 e. The Bertz CT molecular complexity index is 333. The molecule has 3 nitrogen and oxygen atoms in total. The quantitative estimate of drug-likeness (QED) is 0.698. The van der Waals surface area contributed by atoms with Crippen LogP contribution in [-0.2, 0) is 0 Å². The molecule has 68 valence electrons. The second-order valence-corrected chi connectivity index (χ2v) is 2.81. The predicted molar refractivity (Wildman–Crippen MR) is 49.7 cm³/mol. The Morgan fingerprint density at radius 2 is 2.38 bits per heavy atom. The summed E-state index contributed by atoms with van der Waals surface area (Å²) >= 11 is 5.69. The van der Waals surface area contributed by atoms with Crippen molar-refractivity contribution < 1.29 is 4.74 Å². The van der Waals surface area contributed by atoms with Crippen molar-refractivity contribution in [1.29, 1.82) is 5.26 Å². The van der Waals surface area contributed by atoms with Crippen LogP contribution in [0, 0.1) is 11.3 Å². The molecule has 0 spiro atoms. The lowest BCUT2D eigenvalue weighted by molar-refractivity contribution is 0.305. The molecule has 1 aromatic rings. The van der Waals surface area contributed by atoms with Crippen LogP contribution in [-0.4, -0.2) is 11.6 Å². The Labute approximate surface area is 81.9 Å². The van der Waals surface area contributed by atoms with E-state index in [1.165, 1.54) is 0 Å². The minimum atomic E-state index is 0.191. The minimum absolute atomic E-state index is 0.191. The van der Waals surface area contributed by atoms with Gasteiger partial charge in [0.25, 0.3) is 0 Å². The number of hydrogen-bond acceptors (Lipinski definition) is 3. The average Bonchev–Trinajstić information content (AvgIpc) is 2.15. The monoisotopic (exact) mass is 196 g/mol. The van der Waals surface area contributed by atoms with Crippen LogP contribution in [0.25, 0.3) is 0 Å². The van der Waals surface area contributed by atoms with Crippen molar-refractivity contribution >= 4 is 11.6 Å². The fraction of sp³-hybridized carbons (Fsp3) is 0.333. The van der Waals surface area contributed by atoms with E-state index in [4.69, 9.17) is 21.6 Å². The molecule has 4 heteroatoms. The Kier molecular flexibility index (Phi) is 3.53. The SMILES string of the molecule is CCCOc1ccc(C#N)c(Cl)n1. The second kappa shape index (κ2) is 4.68. The van der Waals surface area contributed by atoms with Gasteiger partial charge in [0.1, 0.15) is 6.07 Å². The van der Waals surface area contributed by atoms with Gasteiger partial charge < -0.3 is 4.74 Å². The highest BCUT2D eigenvalue weighted by Crippen LogP contribution is 2.16. The van der Waals surface area contributed by atoms with Crippen molar-refractivity contribution in [2.75, 3.05) is 6.61 Å². The van der Waals surface area contributed by atoms with Crippen molar-refractivity contribution in [2.45, 2.75) is 13.3 Å². The third kappa shape index (κ3) is 2.60. The van der Waals surface area contributed by atoms with Crippen LogP contribution < -0.4 is 4.74 Å². The largest absolute Gasteiger partial charge is 0.478 e. The zero-order chi connectivity index (χ0) is 9.68. The fourth-order valence-corrected chi connectivity index (χ4v) is 0.977. The molecule has 0 aliphatic heterocycles. The first kappa shape index (κ1) is 9.82. The lowest BCUT2D eigenvalue weighted by Crippen LogP contribution is -1.97. The molecule has 0 radical (unpaired) electrons. The summed E-state index contributed by atoms with van der Waals surface area (Å²) in [5.41, 5.74) is 0.366. The third-order valence-corrected chi connectivity index (χ3v) is 1.69. The van der Waals surface area contributed by atoms with Gasteiger partial charge in [-0.15, -0.1) is 0 Å². The predicted octanol–water partition coefficient (Wildman–Crippen LogP) is 2.40. The zero-order valence-corrected chi connectivity index (χ0v) is 8.01. The summed E-state index contributed by atoms with van der Waals surface area (Å²) in [5.74, 6) is 0.464. The lowest BCUT2D eigenvalue weighted by Gasteiger charge is -2.03. The van der Waals surface area contributed by atoms with E-state index in [9.17, 15) is 0 Å². The molecule has 0 bridgehead atoms. The first-order valence-electron chi connectivity index (χ1n) is 3.97. The Hall–Kier alpha value is -1.27. The molecule has 0 aliphatic carbocycles. The minimum Gasteiger partial charge on any atom is -0.478 e. The summed E-state index contributed by atoms with van der Waals surface area (Å²) in [6.07, 6.45) is 0.916. The molecular weight excluding hydrogens is 188 g/mol. The molecule has 0 N–H and O–H groups in total. The summed E-state index contributed by atoms with van der Waals surface area (Å²) in [7, 11) is 0. The van der Waals surface area contributed by atoms with Gasteiger partial charge in [-0.25, -0.2) is 4.98 Å². The van der Waals surface area contributed by atoms with Gasteiger partial charge in [-0.05, 0) is 12.5 Å². The molecule has 1 aromatic heterocycles. The normalized spacial score (nSPS) is 9.31. The van der Waals surface area contributed by atoms with Crippen LogP contribution in [0.3, 0.4) is 0 Å². The van der Waals surface area contributed by atoms with Gasteiger partial charge in [0.2, 0.25) is 5.88 Å². The van der Waals surface area contributed by atoms with Crippen LogP contribution in [0.4, 0.5) is 0 Å². The molecule has 0 fully saturated rings. The van der Waals surface area contributed by atoms with E-state index >= 15 is 0 Å². The zero-order valence-electron chi connectivity index (χ0n) is 7.25. The van der Waals surface area contributed by atoms with E-state index in [1.807, 2.05) is 13.0 Å². The standard InChI is InChI=1S/C9H9ClN2O/c1-2-5-13-8-4-3-7(6-11)9(10)12-8/h3-4H,2,5H2,1H3. The molecule has 0 atom stereocenters. The summed E-state index contributed by atoms with van der Waals surface area (Å²) in [6, 6.07) is 5.17. The van der Waals surface area contributed by atoms with Crippen LogP contribution in [0.15, 0.2) is 12.1 Å². The van der Waals surface area contributed by atoms with Crippen LogP contribution in [0.5, 0.6) is 5.88 Å². The highest BCUT2D eigenvalue weighted by Gasteiger charge is 2.02. The third-order valence-electron chi connectivity index (χ3n) is 1.40. The molecule has 0 aromatic carbocycles. The summed E-state index contributed by atoms with van der Waals surface area (Å²) in [4.78, 5) is 3.90. The van der Waals surface area contributed by atoms with Gasteiger partial charge >= 0.3 is 0 Å². The van der Waals surface area contributed by atoms with Crippen LogP contribution in [0.2, 0.25) is 5.15 Å².